The summed E-state index contributed by atoms with van der Waals surface area (Å²) in [6, 6.07) is 10.4. The average Bonchev–Trinajstić information content (AvgIpc) is 2.84. The van der Waals surface area contributed by atoms with Gasteiger partial charge in [-0.15, -0.1) is 5.10 Å². The molecule has 0 unspecified atom stereocenters. The summed E-state index contributed by atoms with van der Waals surface area (Å²) in [5, 5.41) is 8.57. The van der Waals surface area contributed by atoms with E-state index in [-0.39, 0.29) is 6.10 Å². The van der Waals surface area contributed by atoms with E-state index in [1.807, 2.05) is 26.0 Å². The molecule has 6 heteroatoms. The SMILES string of the molecule is Cc1ccc(N2CCO[C@@H]3CN(Cc4cccc(C)n4)CC[C@@H]3C2)nn1. The summed E-state index contributed by atoms with van der Waals surface area (Å²) < 4.78 is 6.22. The van der Waals surface area contributed by atoms with Gasteiger partial charge in [0.25, 0.3) is 0 Å². The number of fused-ring (bicyclic) bond motifs is 1. The van der Waals surface area contributed by atoms with Crippen LogP contribution in [0.25, 0.3) is 0 Å². The molecule has 0 amide bonds. The van der Waals surface area contributed by atoms with Crippen LogP contribution in [0, 0.1) is 19.8 Å². The number of aromatic nitrogens is 3. The van der Waals surface area contributed by atoms with Crippen molar-refractivity contribution in [1.82, 2.24) is 20.1 Å². The Morgan fingerprint density at radius 2 is 1.96 bits per heavy atom. The first-order valence-corrected chi connectivity index (χ1v) is 9.49. The van der Waals surface area contributed by atoms with Crippen LogP contribution in [0.5, 0.6) is 0 Å². The minimum absolute atomic E-state index is 0.289. The van der Waals surface area contributed by atoms with Crippen LogP contribution in [-0.4, -0.2) is 59.0 Å². The van der Waals surface area contributed by atoms with Crippen molar-refractivity contribution in [2.45, 2.75) is 32.9 Å². The van der Waals surface area contributed by atoms with Gasteiger partial charge in [-0.2, -0.15) is 5.10 Å². The molecule has 0 spiro atoms. The molecule has 0 N–H and O–H groups in total. The smallest absolute Gasteiger partial charge is 0.151 e. The average molecular weight is 353 g/mol. The molecule has 2 atom stereocenters. The van der Waals surface area contributed by atoms with Gasteiger partial charge in [-0.3, -0.25) is 9.88 Å². The van der Waals surface area contributed by atoms with Crippen LogP contribution in [0.1, 0.15) is 23.5 Å². The second-order valence-corrected chi connectivity index (χ2v) is 7.44. The predicted octanol–water partition coefficient (Wildman–Crippen LogP) is 2.22. The summed E-state index contributed by atoms with van der Waals surface area (Å²) >= 11 is 0. The van der Waals surface area contributed by atoms with Gasteiger partial charge in [0.15, 0.2) is 5.82 Å². The highest BCUT2D eigenvalue weighted by Gasteiger charge is 2.33. The molecular formula is C20H27N5O. The van der Waals surface area contributed by atoms with E-state index in [4.69, 9.17) is 4.74 Å². The third kappa shape index (κ3) is 4.02. The maximum absolute atomic E-state index is 6.22. The van der Waals surface area contributed by atoms with Crippen molar-refractivity contribution in [3.8, 4) is 0 Å². The number of piperidine rings is 1. The topological polar surface area (TPSA) is 54.4 Å². The Hall–Kier alpha value is -2.05. The second-order valence-electron chi connectivity index (χ2n) is 7.44. The van der Waals surface area contributed by atoms with E-state index >= 15 is 0 Å². The van der Waals surface area contributed by atoms with Crippen molar-refractivity contribution in [2.75, 3.05) is 37.7 Å². The van der Waals surface area contributed by atoms with E-state index in [2.05, 4.69) is 43.2 Å². The van der Waals surface area contributed by atoms with Crippen LogP contribution < -0.4 is 4.90 Å². The molecular weight excluding hydrogens is 326 g/mol. The monoisotopic (exact) mass is 353 g/mol. The van der Waals surface area contributed by atoms with E-state index in [1.165, 1.54) is 0 Å². The number of pyridine rings is 1. The Kier molecular flexibility index (Phi) is 5.13. The van der Waals surface area contributed by atoms with Crippen LogP contribution >= 0.6 is 0 Å². The van der Waals surface area contributed by atoms with Crippen LogP contribution in [0.3, 0.4) is 0 Å². The third-order valence-electron chi connectivity index (χ3n) is 5.37. The molecule has 0 aromatic carbocycles. The molecule has 2 fully saturated rings. The lowest BCUT2D eigenvalue weighted by Crippen LogP contribution is -2.46. The van der Waals surface area contributed by atoms with Gasteiger partial charge in [0.2, 0.25) is 0 Å². The Labute approximate surface area is 155 Å². The normalized spacial score (nSPS) is 24.2. The van der Waals surface area contributed by atoms with E-state index < -0.39 is 0 Å². The zero-order valence-electron chi connectivity index (χ0n) is 15.6. The van der Waals surface area contributed by atoms with E-state index in [0.717, 1.165) is 68.7 Å². The number of hydrogen-bond acceptors (Lipinski definition) is 6. The first kappa shape index (κ1) is 17.4. The van der Waals surface area contributed by atoms with E-state index in [1.54, 1.807) is 0 Å². The highest BCUT2D eigenvalue weighted by Crippen LogP contribution is 2.26. The largest absolute Gasteiger partial charge is 0.375 e. The number of anilines is 1. The van der Waals surface area contributed by atoms with Crippen molar-refractivity contribution in [3.05, 3.63) is 47.4 Å². The molecule has 0 saturated carbocycles. The maximum atomic E-state index is 6.22. The highest BCUT2D eigenvalue weighted by atomic mass is 16.5. The minimum Gasteiger partial charge on any atom is -0.375 e. The summed E-state index contributed by atoms with van der Waals surface area (Å²) in [7, 11) is 0. The molecule has 0 bridgehead atoms. The van der Waals surface area contributed by atoms with Crippen LogP contribution in [0.15, 0.2) is 30.3 Å². The number of ether oxygens (including phenoxy) is 1. The minimum atomic E-state index is 0.289. The molecule has 0 radical (unpaired) electrons. The zero-order chi connectivity index (χ0) is 17.9. The Morgan fingerprint density at radius 3 is 2.77 bits per heavy atom. The van der Waals surface area contributed by atoms with Crippen molar-refractivity contribution in [3.63, 3.8) is 0 Å². The maximum Gasteiger partial charge on any atom is 0.151 e. The molecule has 4 heterocycles. The Morgan fingerprint density at radius 1 is 1.04 bits per heavy atom. The summed E-state index contributed by atoms with van der Waals surface area (Å²) in [4.78, 5) is 9.45. The first-order chi connectivity index (χ1) is 12.7. The fourth-order valence-electron chi connectivity index (χ4n) is 3.94. The van der Waals surface area contributed by atoms with Gasteiger partial charge >= 0.3 is 0 Å². The number of nitrogens with zero attached hydrogens (tertiary/aromatic N) is 5. The van der Waals surface area contributed by atoms with E-state index in [9.17, 15) is 0 Å². The van der Waals surface area contributed by atoms with Gasteiger partial charge in [0.1, 0.15) is 0 Å². The lowest BCUT2D eigenvalue weighted by Gasteiger charge is -2.38. The van der Waals surface area contributed by atoms with Gasteiger partial charge in [-0.05, 0) is 51.1 Å². The highest BCUT2D eigenvalue weighted by molar-refractivity contribution is 5.37. The molecule has 138 valence electrons. The van der Waals surface area contributed by atoms with Crippen molar-refractivity contribution >= 4 is 5.82 Å². The van der Waals surface area contributed by atoms with Gasteiger partial charge in [-0.25, -0.2) is 0 Å². The fourth-order valence-corrected chi connectivity index (χ4v) is 3.94. The summed E-state index contributed by atoms with van der Waals surface area (Å²) in [6.45, 7) is 9.61. The molecule has 2 aromatic rings. The van der Waals surface area contributed by atoms with Gasteiger partial charge < -0.3 is 9.64 Å². The van der Waals surface area contributed by atoms with Gasteiger partial charge in [0.05, 0.1) is 24.1 Å². The number of aryl methyl sites for hydroxylation is 2. The van der Waals surface area contributed by atoms with Crippen LogP contribution in [0.2, 0.25) is 0 Å². The molecule has 4 rings (SSSR count). The van der Waals surface area contributed by atoms with Gasteiger partial charge in [-0.1, -0.05) is 6.07 Å². The fraction of sp³-hybridized carbons (Fsp3) is 0.550. The molecule has 0 aliphatic carbocycles. The summed E-state index contributed by atoms with van der Waals surface area (Å²) in [5.41, 5.74) is 3.18. The quantitative estimate of drug-likeness (QED) is 0.843. The number of likely N-dealkylation sites (tertiary alicyclic amines) is 1. The molecule has 6 nitrogen and oxygen atoms in total. The number of hydrogen-bond donors (Lipinski definition) is 0. The van der Waals surface area contributed by atoms with Crippen LogP contribution in [-0.2, 0) is 11.3 Å². The van der Waals surface area contributed by atoms with Crippen molar-refractivity contribution in [2.24, 2.45) is 5.92 Å². The number of rotatable bonds is 3. The Balaban J connectivity index is 1.39. The standard InChI is InChI=1S/C20H27N5O/c1-15-4-3-5-18(21-15)13-24-9-8-17-12-25(10-11-26-19(17)14-24)20-7-6-16(2)22-23-20/h3-7,17,19H,8-14H2,1-2H3/t17-,19-/m1/s1. The first-order valence-electron chi connectivity index (χ1n) is 9.49. The lowest BCUT2D eigenvalue weighted by atomic mass is 9.93. The van der Waals surface area contributed by atoms with Crippen molar-refractivity contribution in [1.29, 1.82) is 0 Å². The van der Waals surface area contributed by atoms with Crippen LogP contribution in [0.4, 0.5) is 5.82 Å². The van der Waals surface area contributed by atoms with Crippen molar-refractivity contribution < 1.29 is 4.74 Å². The molecule has 2 saturated heterocycles. The summed E-state index contributed by atoms with van der Waals surface area (Å²) in [6.07, 6.45) is 1.43. The molecule has 26 heavy (non-hydrogen) atoms. The molecule has 2 aliphatic rings. The molecule has 2 aromatic heterocycles. The lowest BCUT2D eigenvalue weighted by molar-refractivity contribution is -0.0242. The van der Waals surface area contributed by atoms with Gasteiger partial charge in [0, 0.05) is 37.8 Å². The predicted molar refractivity (Wildman–Crippen MR) is 101 cm³/mol. The third-order valence-corrected chi connectivity index (χ3v) is 5.37. The Bertz CT molecular complexity index is 735. The molecule has 2 aliphatic heterocycles. The van der Waals surface area contributed by atoms with E-state index in [0.29, 0.717) is 5.92 Å². The summed E-state index contributed by atoms with van der Waals surface area (Å²) in [5.74, 6) is 1.51. The second kappa shape index (κ2) is 7.68. The zero-order valence-corrected chi connectivity index (χ0v) is 15.6.